The zero-order valence-corrected chi connectivity index (χ0v) is 39.2. The molecule has 1 aromatic heterocycles. The number of azo groups is 1. The highest BCUT2D eigenvalue weighted by Gasteiger charge is 2.39. The number of hydrogen-bond acceptors (Lipinski definition) is 14. The molecule has 344 valence electrons. The predicted molar refractivity (Wildman–Crippen MR) is 250 cm³/mol. The van der Waals surface area contributed by atoms with Crippen molar-refractivity contribution in [1.29, 1.82) is 15.8 Å². The van der Waals surface area contributed by atoms with E-state index in [9.17, 15) is 35.3 Å². The number of ether oxygens (including phenoxy) is 3. The lowest BCUT2D eigenvalue weighted by Crippen LogP contribution is -2.33. The number of amides is 1. The van der Waals surface area contributed by atoms with E-state index in [1.54, 1.807) is 32.1 Å². The fourth-order valence-corrected chi connectivity index (χ4v) is 8.21. The lowest BCUT2D eigenvalue weighted by molar-refractivity contribution is -0.149. The normalized spacial score (nSPS) is 14.0. The molecule has 15 heteroatoms. The molecular weight excluding hydrogens is 843 g/mol. The number of aliphatic hydroxyl groups is 1. The van der Waals surface area contributed by atoms with Gasteiger partial charge in [0.25, 0.3) is 5.91 Å². The standard InChI is InChI=1S/C50H61N7O7S/c1-7-11-13-35(9-3)49(60)63-28-25-56(26-29-64-50(61)36(10-4)14-12-8-2)41-21-19-40(20-22-41)55-54-39-17-15-37(16-18-39)43-23-24-44(65-43)45-42(33-53)46(38(31-51)32-52)57(47(45)58)27-30-62-48(59)34(5)6/h15-24,34-36,48,59H,7-14,25-30H2,1-6H3/b55-54+. The van der Waals surface area contributed by atoms with Crippen molar-refractivity contribution < 1.29 is 33.7 Å². The summed E-state index contributed by atoms with van der Waals surface area (Å²) in [6, 6.07) is 24.1. The molecule has 0 spiro atoms. The number of anilines is 1. The molecule has 65 heavy (non-hydrogen) atoms. The Bertz CT molecular complexity index is 2230. The highest BCUT2D eigenvalue weighted by molar-refractivity contribution is 7.17. The van der Waals surface area contributed by atoms with Crippen LogP contribution in [0.5, 0.6) is 0 Å². The van der Waals surface area contributed by atoms with E-state index in [1.165, 1.54) is 16.2 Å². The van der Waals surface area contributed by atoms with E-state index in [1.807, 2.05) is 79.4 Å². The van der Waals surface area contributed by atoms with E-state index < -0.39 is 12.2 Å². The fraction of sp³-hybridized carbons (Fsp3) is 0.480. The van der Waals surface area contributed by atoms with Gasteiger partial charge in [0, 0.05) is 27.9 Å². The van der Waals surface area contributed by atoms with E-state index in [0.717, 1.165) is 67.5 Å². The highest BCUT2D eigenvalue weighted by atomic mass is 32.1. The summed E-state index contributed by atoms with van der Waals surface area (Å²) in [5.41, 5.74) is 2.48. The molecular formula is C50H61N7O7S. The first-order valence-corrected chi connectivity index (χ1v) is 23.4. The van der Waals surface area contributed by atoms with Gasteiger partial charge in [-0.3, -0.25) is 14.4 Å². The first-order chi connectivity index (χ1) is 31.4. The van der Waals surface area contributed by atoms with Crippen molar-refractivity contribution in [1.82, 2.24) is 4.90 Å². The summed E-state index contributed by atoms with van der Waals surface area (Å²) >= 11 is 1.29. The molecule has 3 atom stereocenters. The zero-order chi connectivity index (χ0) is 47.3. The average Bonchev–Trinajstić information content (AvgIpc) is 3.91. The van der Waals surface area contributed by atoms with Crippen LogP contribution in [0.1, 0.15) is 97.8 Å². The number of nitriles is 3. The quantitative estimate of drug-likeness (QED) is 0.0347. The Morgan fingerprint density at radius 3 is 1.77 bits per heavy atom. The van der Waals surface area contributed by atoms with E-state index >= 15 is 0 Å². The molecule has 0 saturated heterocycles. The van der Waals surface area contributed by atoms with Gasteiger partial charge in [0.1, 0.15) is 31.4 Å². The van der Waals surface area contributed by atoms with Crippen LogP contribution in [0.3, 0.4) is 0 Å². The molecule has 3 unspecified atom stereocenters. The molecule has 2 heterocycles. The van der Waals surface area contributed by atoms with Gasteiger partial charge in [-0.1, -0.05) is 79.4 Å². The third-order valence-corrected chi connectivity index (χ3v) is 12.3. The first kappa shape index (κ1) is 51.5. The lowest BCUT2D eigenvalue weighted by Gasteiger charge is -2.25. The Labute approximate surface area is 387 Å². The SMILES string of the molecule is CCCCC(CC)C(=O)OCCN(CCOC(=O)C(CC)CCCC)c1ccc(/N=N/c2ccc(-c3ccc(C4=C(C#N)C(=C(C#N)C#N)N(CCOC(O)C(C)C)C4=O)s3)cc2)cc1. The minimum absolute atomic E-state index is 0.0708. The van der Waals surface area contributed by atoms with Crippen LogP contribution in [0.15, 0.2) is 87.7 Å². The molecule has 0 bridgehead atoms. The smallest absolute Gasteiger partial charge is 0.308 e. The van der Waals surface area contributed by atoms with E-state index in [4.69, 9.17) is 14.2 Å². The van der Waals surface area contributed by atoms with Gasteiger partial charge < -0.3 is 29.1 Å². The van der Waals surface area contributed by atoms with Crippen LogP contribution in [0.25, 0.3) is 16.0 Å². The predicted octanol–water partition coefficient (Wildman–Crippen LogP) is 10.6. The monoisotopic (exact) mass is 903 g/mol. The number of esters is 2. The van der Waals surface area contributed by atoms with Gasteiger partial charge in [-0.15, -0.1) is 11.3 Å². The highest BCUT2D eigenvalue weighted by Crippen LogP contribution is 2.41. The van der Waals surface area contributed by atoms with Crippen molar-refractivity contribution in [3.63, 3.8) is 0 Å². The summed E-state index contributed by atoms with van der Waals surface area (Å²) in [5, 5.41) is 48.5. The minimum Gasteiger partial charge on any atom is -0.464 e. The molecule has 4 rings (SSSR count). The molecule has 0 aliphatic carbocycles. The summed E-state index contributed by atoms with van der Waals surface area (Å²) in [5.74, 6) is -1.33. The molecule has 1 aliphatic heterocycles. The van der Waals surface area contributed by atoms with Crippen LogP contribution in [-0.2, 0) is 28.6 Å². The Kier molecular flexibility index (Phi) is 21.0. The maximum atomic E-state index is 13.8. The Hall–Kier alpha value is -6.18. The molecule has 1 aliphatic rings. The number of allylic oxidation sites excluding steroid dienone is 2. The molecule has 2 aromatic carbocycles. The Balaban J connectivity index is 1.46. The van der Waals surface area contributed by atoms with Gasteiger partial charge >= 0.3 is 11.9 Å². The molecule has 3 aromatic rings. The summed E-state index contributed by atoms with van der Waals surface area (Å²) in [6.07, 6.45) is 6.01. The van der Waals surface area contributed by atoms with Crippen molar-refractivity contribution in [2.75, 3.05) is 44.4 Å². The molecule has 1 N–H and O–H groups in total. The van der Waals surface area contributed by atoms with E-state index in [-0.39, 0.29) is 78.5 Å². The molecule has 0 radical (unpaired) electrons. The van der Waals surface area contributed by atoms with Gasteiger partial charge in [-0.2, -0.15) is 26.0 Å². The maximum Gasteiger partial charge on any atom is 0.308 e. The van der Waals surface area contributed by atoms with Crippen LogP contribution in [-0.4, -0.2) is 73.6 Å². The van der Waals surface area contributed by atoms with Crippen LogP contribution in [0, 0.1) is 51.7 Å². The van der Waals surface area contributed by atoms with Crippen molar-refractivity contribution in [3.8, 4) is 28.6 Å². The van der Waals surface area contributed by atoms with Gasteiger partial charge in [-0.05, 0) is 79.8 Å². The van der Waals surface area contributed by atoms with E-state index in [0.29, 0.717) is 29.3 Å². The first-order valence-electron chi connectivity index (χ1n) is 22.6. The number of rotatable bonds is 26. The van der Waals surface area contributed by atoms with Gasteiger partial charge in [0.2, 0.25) is 0 Å². The third-order valence-electron chi connectivity index (χ3n) is 11.1. The van der Waals surface area contributed by atoms with Crippen LogP contribution in [0.2, 0.25) is 0 Å². The summed E-state index contributed by atoms with van der Waals surface area (Å²) in [6.45, 7) is 12.9. The summed E-state index contributed by atoms with van der Waals surface area (Å²) in [7, 11) is 0. The number of hydrogen-bond donors (Lipinski definition) is 1. The van der Waals surface area contributed by atoms with Crippen molar-refractivity contribution in [3.05, 3.63) is 82.4 Å². The minimum atomic E-state index is -1.07. The molecule has 14 nitrogen and oxygen atoms in total. The van der Waals surface area contributed by atoms with Crippen LogP contribution >= 0.6 is 11.3 Å². The number of benzene rings is 2. The second kappa shape index (κ2) is 26.6. The van der Waals surface area contributed by atoms with Crippen molar-refractivity contribution in [2.24, 2.45) is 28.0 Å². The summed E-state index contributed by atoms with van der Waals surface area (Å²) < 4.78 is 16.9. The molecule has 1 amide bonds. The van der Waals surface area contributed by atoms with E-state index in [2.05, 4.69) is 24.1 Å². The second-order valence-corrected chi connectivity index (χ2v) is 17.1. The van der Waals surface area contributed by atoms with Gasteiger partial charge in [-0.25, -0.2) is 0 Å². The molecule has 0 fully saturated rings. The maximum absolute atomic E-state index is 13.8. The second-order valence-electron chi connectivity index (χ2n) is 16.0. The zero-order valence-electron chi connectivity index (χ0n) is 38.4. The fourth-order valence-electron chi connectivity index (χ4n) is 7.16. The average molecular weight is 904 g/mol. The van der Waals surface area contributed by atoms with Crippen LogP contribution in [0.4, 0.5) is 17.1 Å². The Morgan fingerprint density at radius 2 is 1.29 bits per heavy atom. The third kappa shape index (κ3) is 14.4. The number of nitrogens with zero attached hydrogens (tertiary/aromatic N) is 7. The van der Waals surface area contributed by atoms with Gasteiger partial charge in [0.05, 0.1) is 59.8 Å². The Morgan fingerprint density at radius 1 is 0.769 bits per heavy atom. The number of carbonyl (C=O) groups is 3. The van der Waals surface area contributed by atoms with Gasteiger partial charge in [0.15, 0.2) is 11.9 Å². The van der Waals surface area contributed by atoms with Crippen molar-refractivity contribution in [2.45, 2.75) is 99.2 Å². The number of aliphatic hydroxyl groups excluding tert-OH is 1. The summed E-state index contributed by atoms with van der Waals surface area (Å²) in [4.78, 5) is 44.0. The topological polar surface area (TPSA) is 202 Å². The van der Waals surface area contributed by atoms with Crippen LogP contribution < -0.4 is 4.90 Å². The lowest BCUT2D eigenvalue weighted by atomic mass is 10.00. The van der Waals surface area contributed by atoms with Crippen molar-refractivity contribution >= 4 is 51.8 Å². The molecule has 0 saturated carbocycles. The largest absolute Gasteiger partial charge is 0.464 e. The number of thiophene rings is 1. The number of unbranched alkanes of at least 4 members (excludes halogenated alkanes) is 2. The number of carbonyl (C=O) groups excluding carboxylic acids is 3.